The lowest BCUT2D eigenvalue weighted by molar-refractivity contribution is -0.120. The molecule has 2 heterocycles. The third-order valence-corrected chi connectivity index (χ3v) is 3.84. The molecule has 0 aliphatic carbocycles. The number of thiazole rings is 1. The van der Waals surface area contributed by atoms with Crippen molar-refractivity contribution in [3.05, 3.63) is 35.6 Å². The van der Waals surface area contributed by atoms with Gasteiger partial charge in [-0.05, 0) is 26.1 Å². The van der Waals surface area contributed by atoms with Crippen LogP contribution in [0.3, 0.4) is 0 Å². The van der Waals surface area contributed by atoms with E-state index in [9.17, 15) is 4.79 Å². The van der Waals surface area contributed by atoms with E-state index in [0.29, 0.717) is 13.0 Å². The number of likely N-dealkylation sites (N-methyl/N-ethyl adjacent to an activating group) is 1. The first-order valence-corrected chi connectivity index (χ1v) is 7.35. The lowest BCUT2D eigenvalue weighted by atomic mass is 10.3. The van der Waals surface area contributed by atoms with Crippen LogP contribution >= 0.6 is 11.3 Å². The second-order valence-electron chi connectivity index (χ2n) is 4.56. The topological polar surface area (TPSA) is 66.9 Å². The van der Waals surface area contributed by atoms with Crippen molar-refractivity contribution in [2.75, 3.05) is 13.6 Å². The smallest absolute Gasteiger partial charge is 0.226 e. The van der Waals surface area contributed by atoms with Gasteiger partial charge in [0.05, 0.1) is 12.1 Å². The number of pyridine rings is 1. The summed E-state index contributed by atoms with van der Waals surface area (Å²) in [6.45, 7) is 2.64. The third-order valence-electron chi connectivity index (χ3n) is 2.90. The minimum absolute atomic E-state index is 0.00450. The van der Waals surface area contributed by atoms with Crippen LogP contribution in [0.5, 0.6) is 0 Å². The summed E-state index contributed by atoms with van der Waals surface area (Å²) in [5.41, 5.74) is 1.77. The van der Waals surface area contributed by atoms with E-state index in [2.05, 4.69) is 20.6 Å². The molecule has 1 unspecified atom stereocenters. The van der Waals surface area contributed by atoms with Crippen LogP contribution < -0.4 is 10.6 Å². The summed E-state index contributed by atoms with van der Waals surface area (Å²) >= 11 is 1.53. The number of carbonyl (C=O) groups excluding carboxylic acids is 1. The molecule has 0 saturated heterocycles. The summed E-state index contributed by atoms with van der Waals surface area (Å²) in [5.74, 6) is -0.00450. The van der Waals surface area contributed by atoms with Crippen LogP contribution in [0.4, 0.5) is 0 Å². The Bertz CT molecular complexity index is 555. The predicted octanol–water partition coefficient (Wildman–Crippen LogP) is 1.47. The Morgan fingerprint density at radius 2 is 2.35 bits per heavy atom. The summed E-state index contributed by atoms with van der Waals surface area (Å²) in [6, 6.07) is 4.10. The lowest BCUT2D eigenvalue weighted by Crippen LogP contribution is -2.37. The van der Waals surface area contributed by atoms with E-state index in [0.717, 1.165) is 16.3 Å². The van der Waals surface area contributed by atoms with E-state index >= 15 is 0 Å². The Morgan fingerprint density at radius 1 is 1.50 bits per heavy atom. The zero-order valence-electron chi connectivity index (χ0n) is 11.6. The first kappa shape index (κ1) is 14.6. The first-order chi connectivity index (χ1) is 9.69. The zero-order chi connectivity index (χ0) is 14.4. The molecule has 1 amide bonds. The number of hydrogen-bond acceptors (Lipinski definition) is 5. The molecule has 0 bridgehead atoms. The number of hydrogen-bond donors (Lipinski definition) is 2. The van der Waals surface area contributed by atoms with E-state index in [-0.39, 0.29) is 11.9 Å². The minimum atomic E-state index is -0.00450. The van der Waals surface area contributed by atoms with Gasteiger partial charge in [0.1, 0.15) is 5.01 Å². The first-order valence-electron chi connectivity index (χ1n) is 6.48. The van der Waals surface area contributed by atoms with Gasteiger partial charge in [-0.25, -0.2) is 4.98 Å². The fourth-order valence-corrected chi connectivity index (χ4v) is 2.42. The molecular formula is C14H18N4OS. The van der Waals surface area contributed by atoms with E-state index in [1.807, 2.05) is 31.5 Å². The Kier molecular flexibility index (Phi) is 5.20. The van der Waals surface area contributed by atoms with E-state index < -0.39 is 0 Å². The van der Waals surface area contributed by atoms with Crippen molar-refractivity contribution in [1.82, 2.24) is 20.6 Å². The van der Waals surface area contributed by atoms with Gasteiger partial charge in [0, 0.05) is 35.9 Å². The summed E-state index contributed by atoms with van der Waals surface area (Å²) < 4.78 is 0. The van der Waals surface area contributed by atoms with Crippen molar-refractivity contribution in [3.8, 4) is 10.6 Å². The van der Waals surface area contributed by atoms with Crippen molar-refractivity contribution in [2.45, 2.75) is 19.4 Å². The van der Waals surface area contributed by atoms with Gasteiger partial charge in [0.2, 0.25) is 5.91 Å². The molecule has 20 heavy (non-hydrogen) atoms. The van der Waals surface area contributed by atoms with Crippen molar-refractivity contribution < 1.29 is 4.79 Å². The molecule has 0 aromatic carbocycles. The monoisotopic (exact) mass is 290 g/mol. The number of aromatic nitrogens is 2. The van der Waals surface area contributed by atoms with Gasteiger partial charge in [-0.2, -0.15) is 0 Å². The maximum absolute atomic E-state index is 11.8. The molecule has 6 heteroatoms. The van der Waals surface area contributed by atoms with Crippen LogP contribution in [-0.4, -0.2) is 35.5 Å². The zero-order valence-corrected chi connectivity index (χ0v) is 12.4. The Labute approximate surface area is 122 Å². The highest BCUT2D eigenvalue weighted by Crippen LogP contribution is 2.22. The fraction of sp³-hybridized carbons (Fsp3) is 0.357. The van der Waals surface area contributed by atoms with Crippen LogP contribution in [0.25, 0.3) is 10.6 Å². The van der Waals surface area contributed by atoms with E-state index in [1.54, 1.807) is 12.4 Å². The standard InChI is InChI=1S/C14H18N4OS/c1-10(15-2)7-17-13(19)6-12-9-20-14(18-12)11-4-3-5-16-8-11/h3-5,8-10,15H,6-7H2,1-2H3,(H,17,19). The van der Waals surface area contributed by atoms with Gasteiger partial charge in [-0.15, -0.1) is 11.3 Å². The number of amides is 1. The van der Waals surface area contributed by atoms with Crippen molar-refractivity contribution >= 4 is 17.2 Å². The van der Waals surface area contributed by atoms with Crippen molar-refractivity contribution in [2.24, 2.45) is 0 Å². The van der Waals surface area contributed by atoms with Gasteiger partial charge in [-0.1, -0.05) is 0 Å². The fourth-order valence-electron chi connectivity index (χ4n) is 1.61. The average molecular weight is 290 g/mol. The van der Waals surface area contributed by atoms with Gasteiger partial charge in [-0.3, -0.25) is 9.78 Å². The second-order valence-corrected chi connectivity index (χ2v) is 5.41. The molecule has 106 valence electrons. The molecule has 0 aliphatic rings. The van der Waals surface area contributed by atoms with Gasteiger partial charge >= 0.3 is 0 Å². The third kappa shape index (κ3) is 4.11. The largest absolute Gasteiger partial charge is 0.354 e. The van der Waals surface area contributed by atoms with Gasteiger partial charge in [0.25, 0.3) is 0 Å². The van der Waals surface area contributed by atoms with E-state index in [1.165, 1.54) is 11.3 Å². The Balaban J connectivity index is 1.91. The predicted molar refractivity (Wildman–Crippen MR) is 80.6 cm³/mol. The molecule has 1 atom stereocenters. The molecule has 0 saturated carbocycles. The summed E-state index contributed by atoms with van der Waals surface area (Å²) in [4.78, 5) is 20.3. The summed E-state index contributed by atoms with van der Waals surface area (Å²) in [7, 11) is 1.87. The number of nitrogens with zero attached hydrogens (tertiary/aromatic N) is 2. The van der Waals surface area contributed by atoms with Crippen molar-refractivity contribution in [1.29, 1.82) is 0 Å². The molecule has 2 N–H and O–H groups in total. The van der Waals surface area contributed by atoms with Crippen LogP contribution in [0.1, 0.15) is 12.6 Å². The maximum atomic E-state index is 11.8. The molecule has 2 rings (SSSR count). The Morgan fingerprint density at radius 3 is 3.05 bits per heavy atom. The molecular weight excluding hydrogens is 272 g/mol. The SMILES string of the molecule is CNC(C)CNC(=O)Cc1csc(-c2cccnc2)n1. The molecule has 2 aromatic heterocycles. The molecule has 0 spiro atoms. The molecule has 0 aliphatic heterocycles. The van der Waals surface area contributed by atoms with Crippen LogP contribution in [0.2, 0.25) is 0 Å². The summed E-state index contributed by atoms with van der Waals surface area (Å²) in [5, 5.41) is 8.77. The van der Waals surface area contributed by atoms with Gasteiger partial charge < -0.3 is 10.6 Å². The van der Waals surface area contributed by atoms with Crippen molar-refractivity contribution in [3.63, 3.8) is 0 Å². The van der Waals surface area contributed by atoms with Crippen LogP contribution in [0, 0.1) is 0 Å². The Hall–Kier alpha value is -1.79. The highest BCUT2D eigenvalue weighted by atomic mass is 32.1. The minimum Gasteiger partial charge on any atom is -0.354 e. The number of carbonyl (C=O) groups is 1. The summed E-state index contributed by atoms with van der Waals surface area (Å²) in [6.07, 6.45) is 3.82. The average Bonchev–Trinajstić information content (AvgIpc) is 2.94. The number of nitrogens with one attached hydrogen (secondary N) is 2. The lowest BCUT2D eigenvalue weighted by Gasteiger charge is -2.10. The second kappa shape index (κ2) is 7.12. The van der Waals surface area contributed by atoms with Crippen LogP contribution in [0.15, 0.2) is 29.9 Å². The maximum Gasteiger partial charge on any atom is 0.226 e. The molecule has 2 aromatic rings. The normalized spacial score (nSPS) is 12.1. The number of rotatable bonds is 6. The molecule has 5 nitrogen and oxygen atoms in total. The molecule has 0 fully saturated rings. The van der Waals surface area contributed by atoms with Gasteiger partial charge in [0.15, 0.2) is 0 Å². The van der Waals surface area contributed by atoms with E-state index in [4.69, 9.17) is 0 Å². The molecule has 0 radical (unpaired) electrons. The van der Waals surface area contributed by atoms with Crippen LogP contribution in [-0.2, 0) is 11.2 Å². The highest BCUT2D eigenvalue weighted by Gasteiger charge is 2.09. The highest BCUT2D eigenvalue weighted by molar-refractivity contribution is 7.13. The quantitative estimate of drug-likeness (QED) is 0.845.